The first-order valence-electron chi connectivity index (χ1n) is 3.82. The molecule has 15 heavy (non-hydrogen) atoms. The fourth-order valence-electron chi connectivity index (χ4n) is 0.996. The molecule has 0 radical (unpaired) electrons. The van der Waals surface area contributed by atoms with Crippen LogP contribution in [0, 0.1) is 5.82 Å². The summed E-state index contributed by atoms with van der Waals surface area (Å²) in [7, 11) is 1.21. The number of hydrogen-bond donors (Lipinski definition) is 0. The second-order valence-corrected chi connectivity index (χ2v) is 6.56. The molecule has 2 nitrogen and oxygen atoms in total. The van der Waals surface area contributed by atoms with E-state index in [2.05, 4.69) is 52.5 Å². The van der Waals surface area contributed by atoms with E-state index in [1.807, 2.05) is 0 Å². The molecule has 0 aliphatic heterocycles. The molecular formula is C9H6Br3FO2. The number of benzene rings is 1. The van der Waals surface area contributed by atoms with Crippen LogP contribution in [-0.2, 0) is 4.74 Å². The first kappa shape index (κ1) is 13.1. The van der Waals surface area contributed by atoms with Gasteiger partial charge in [-0.1, -0.05) is 47.8 Å². The van der Waals surface area contributed by atoms with E-state index in [4.69, 9.17) is 0 Å². The highest BCUT2D eigenvalue weighted by Crippen LogP contribution is 2.35. The van der Waals surface area contributed by atoms with Gasteiger partial charge < -0.3 is 4.74 Å². The Bertz CT molecular complexity index is 393. The first-order chi connectivity index (χ1) is 6.97. The van der Waals surface area contributed by atoms with Gasteiger partial charge in [0.05, 0.1) is 16.4 Å². The van der Waals surface area contributed by atoms with Crippen LogP contribution in [-0.4, -0.2) is 13.1 Å². The molecule has 1 rings (SSSR count). The first-order valence-corrected chi connectivity index (χ1v) is 6.45. The number of rotatable bonds is 2. The Hall–Kier alpha value is 0.0600. The van der Waals surface area contributed by atoms with Crippen molar-refractivity contribution in [1.82, 2.24) is 0 Å². The van der Waals surface area contributed by atoms with Crippen LogP contribution < -0.4 is 0 Å². The molecule has 0 N–H and O–H groups in total. The normalized spacial score (nSPS) is 10.5. The molecule has 0 saturated carbocycles. The molecular weight excluding hydrogens is 399 g/mol. The van der Waals surface area contributed by atoms with Crippen LogP contribution in [0.15, 0.2) is 16.6 Å². The maximum Gasteiger partial charge on any atom is 0.340 e. The average molecular weight is 405 g/mol. The van der Waals surface area contributed by atoms with Gasteiger partial charge in [-0.15, -0.1) is 0 Å². The Labute approximate surface area is 112 Å². The lowest BCUT2D eigenvalue weighted by Gasteiger charge is -2.08. The zero-order valence-electron chi connectivity index (χ0n) is 7.56. The molecule has 0 aromatic heterocycles. The van der Waals surface area contributed by atoms with Crippen molar-refractivity contribution >= 4 is 53.8 Å². The third kappa shape index (κ3) is 3.01. The number of ether oxygens (including phenoxy) is 1. The summed E-state index contributed by atoms with van der Waals surface area (Å²) in [5.41, 5.74) is 0.578. The van der Waals surface area contributed by atoms with Crippen molar-refractivity contribution in [2.75, 3.05) is 7.11 Å². The Kier molecular flexibility index (Phi) is 4.73. The van der Waals surface area contributed by atoms with Crippen molar-refractivity contribution in [2.45, 2.75) is 3.74 Å². The van der Waals surface area contributed by atoms with Crippen LogP contribution in [0.4, 0.5) is 4.39 Å². The van der Waals surface area contributed by atoms with E-state index in [0.717, 1.165) is 0 Å². The second-order valence-electron chi connectivity index (χ2n) is 2.65. The fourth-order valence-corrected chi connectivity index (χ4v) is 2.94. The highest BCUT2D eigenvalue weighted by Gasteiger charge is 2.17. The molecule has 0 atom stereocenters. The van der Waals surface area contributed by atoms with Gasteiger partial charge in [0, 0.05) is 4.47 Å². The van der Waals surface area contributed by atoms with Gasteiger partial charge in [-0.3, -0.25) is 0 Å². The van der Waals surface area contributed by atoms with E-state index in [1.54, 1.807) is 0 Å². The van der Waals surface area contributed by atoms with E-state index >= 15 is 0 Å². The minimum absolute atomic E-state index is 0.0891. The highest BCUT2D eigenvalue weighted by atomic mass is 79.9. The number of esters is 1. The predicted octanol–water partition coefficient (Wildman–Crippen LogP) is 4.16. The smallest absolute Gasteiger partial charge is 0.340 e. The number of hydrogen-bond acceptors (Lipinski definition) is 2. The van der Waals surface area contributed by atoms with Gasteiger partial charge >= 0.3 is 5.97 Å². The van der Waals surface area contributed by atoms with Crippen molar-refractivity contribution in [3.63, 3.8) is 0 Å². The molecule has 0 bridgehead atoms. The van der Waals surface area contributed by atoms with E-state index < -0.39 is 11.8 Å². The van der Waals surface area contributed by atoms with Gasteiger partial charge in [-0.2, -0.15) is 0 Å². The molecule has 1 aromatic carbocycles. The van der Waals surface area contributed by atoms with Crippen molar-refractivity contribution in [3.05, 3.63) is 33.5 Å². The third-order valence-electron chi connectivity index (χ3n) is 1.73. The Morgan fingerprint density at radius 2 is 2.07 bits per heavy atom. The molecule has 0 saturated heterocycles. The monoisotopic (exact) mass is 402 g/mol. The lowest BCUT2D eigenvalue weighted by molar-refractivity contribution is 0.0595. The summed E-state index contributed by atoms with van der Waals surface area (Å²) in [6, 6.07) is 2.66. The molecule has 1 aromatic rings. The molecule has 0 aliphatic carbocycles. The summed E-state index contributed by atoms with van der Waals surface area (Å²) in [4.78, 5) is 11.2. The molecule has 6 heteroatoms. The second kappa shape index (κ2) is 5.41. The maximum atomic E-state index is 13.5. The Morgan fingerprint density at radius 1 is 1.47 bits per heavy atom. The average Bonchev–Trinajstić information content (AvgIpc) is 2.19. The van der Waals surface area contributed by atoms with Crippen molar-refractivity contribution in [2.24, 2.45) is 0 Å². The fraction of sp³-hybridized carbons (Fsp3) is 0.222. The van der Waals surface area contributed by atoms with E-state index in [0.29, 0.717) is 10.0 Å². The summed E-state index contributed by atoms with van der Waals surface area (Å²) in [6.45, 7) is 0. The van der Waals surface area contributed by atoms with Crippen molar-refractivity contribution < 1.29 is 13.9 Å². The third-order valence-corrected chi connectivity index (χ3v) is 3.40. The topological polar surface area (TPSA) is 26.3 Å². The largest absolute Gasteiger partial charge is 0.465 e. The SMILES string of the molecule is COC(=O)c1cc(Br)c(C(Br)Br)cc1F. The zero-order chi connectivity index (χ0) is 11.6. The number of methoxy groups -OCH3 is 1. The van der Waals surface area contributed by atoms with E-state index in [-0.39, 0.29) is 9.30 Å². The van der Waals surface area contributed by atoms with Gasteiger partial charge in [-0.25, -0.2) is 9.18 Å². The van der Waals surface area contributed by atoms with Crippen LogP contribution in [0.3, 0.4) is 0 Å². The van der Waals surface area contributed by atoms with Crippen LogP contribution in [0.5, 0.6) is 0 Å². The predicted molar refractivity (Wildman–Crippen MR) is 66.0 cm³/mol. The van der Waals surface area contributed by atoms with Gasteiger partial charge in [0.2, 0.25) is 0 Å². The summed E-state index contributed by atoms with van der Waals surface area (Å²) < 4.78 is 18.4. The lowest BCUT2D eigenvalue weighted by atomic mass is 10.1. The number of carbonyl (C=O) groups is 1. The summed E-state index contributed by atoms with van der Waals surface area (Å²) in [5, 5.41) is 0. The molecule has 0 spiro atoms. The van der Waals surface area contributed by atoms with Crippen LogP contribution in [0.25, 0.3) is 0 Å². The van der Waals surface area contributed by atoms with Crippen molar-refractivity contribution in [1.29, 1.82) is 0 Å². The summed E-state index contributed by atoms with van der Waals surface area (Å²) in [5.74, 6) is -1.30. The number of alkyl halides is 2. The molecule has 0 amide bonds. The Balaban J connectivity index is 3.25. The molecule has 0 unspecified atom stereocenters. The number of halogens is 4. The minimum Gasteiger partial charge on any atom is -0.465 e. The maximum absolute atomic E-state index is 13.5. The molecule has 0 fully saturated rings. The van der Waals surface area contributed by atoms with Gasteiger partial charge in [0.25, 0.3) is 0 Å². The van der Waals surface area contributed by atoms with Gasteiger partial charge in [0.15, 0.2) is 0 Å². The molecule has 0 heterocycles. The highest BCUT2D eigenvalue weighted by molar-refractivity contribution is 9.24. The molecule has 82 valence electrons. The quantitative estimate of drug-likeness (QED) is 0.546. The van der Waals surface area contributed by atoms with E-state index in [1.165, 1.54) is 19.2 Å². The Morgan fingerprint density at radius 3 is 2.53 bits per heavy atom. The standard InChI is InChI=1S/C9H6Br3FO2/c1-15-9(14)5-2-6(10)4(8(11)12)3-7(5)13/h2-3,8H,1H3. The molecule has 0 aliphatic rings. The van der Waals surface area contributed by atoms with E-state index in [9.17, 15) is 9.18 Å². The minimum atomic E-state index is -0.694. The van der Waals surface area contributed by atoms with Crippen LogP contribution >= 0.6 is 47.8 Å². The van der Waals surface area contributed by atoms with Gasteiger partial charge in [0.1, 0.15) is 5.82 Å². The van der Waals surface area contributed by atoms with Gasteiger partial charge in [-0.05, 0) is 17.7 Å². The van der Waals surface area contributed by atoms with Crippen LogP contribution in [0.2, 0.25) is 0 Å². The summed E-state index contributed by atoms with van der Waals surface area (Å²) in [6.07, 6.45) is 0. The zero-order valence-corrected chi connectivity index (χ0v) is 12.3. The summed E-state index contributed by atoms with van der Waals surface area (Å²) >= 11 is 9.74. The van der Waals surface area contributed by atoms with Crippen LogP contribution in [0.1, 0.15) is 19.7 Å². The van der Waals surface area contributed by atoms with Crippen molar-refractivity contribution in [3.8, 4) is 0 Å². The number of carbonyl (C=O) groups excluding carboxylic acids is 1. The lowest BCUT2D eigenvalue weighted by Crippen LogP contribution is -2.05.